The lowest BCUT2D eigenvalue weighted by molar-refractivity contribution is -0.144. The molecule has 12 N–H and O–H groups in total. The predicted molar refractivity (Wildman–Crippen MR) is 202 cm³/mol. The number of likely N-dealkylation sites (tertiary alicyclic amines) is 3. The molecule has 0 saturated carbocycles. The van der Waals surface area contributed by atoms with Crippen LogP contribution in [-0.2, 0) is 43.2 Å². The normalized spacial score (nSPS) is 20.7. The maximum Gasteiger partial charge on any atom is 0.326 e. The smallest absolute Gasteiger partial charge is 0.326 e. The molecule has 0 aromatic heterocycles. The van der Waals surface area contributed by atoms with E-state index < -0.39 is 103 Å². The van der Waals surface area contributed by atoms with Gasteiger partial charge in [-0.15, -0.1) is 0 Å². The lowest BCUT2D eigenvalue weighted by atomic mass is 10.1. The van der Waals surface area contributed by atoms with Crippen molar-refractivity contribution in [3.63, 3.8) is 0 Å². The number of amides is 7. The van der Waals surface area contributed by atoms with Gasteiger partial charge in [0.25, 0.3) is 0 Å². The number of hydrogen-bond donors (Lipinski definition) is 9. The summed E-state index contributed by atoms with van der Waals surface area (Å²) in [6, 6.07) is -6.08. The number of carboxylic acid groups (broad SMARTS) is 2. The van der Waals surface area contributed by atoms with Gasteiger partial charge in [0.15, 0.2) is 0 Å². The Kier molecular flexibility index (Phi) is 19.1. The summed E-state index contributed by atoms with van der Waals surface area (Å²) in [4.78, 5) is 119. The van der Waals surface area contributed by atoms with Gasteiger partial charge in [0.05, 0.1) is 19.1 Å². The van der Waals surface area contributed by atoms with Crippen molar-refractivity contribution < 1.29 is 53.4 Å². The number of carboxylic acids is 2. The Labute approximate surface area is 331 Å². The molecule has 0 bridgehead atoms. The molecule has 3 aliphatic heterocycles. The quantitative estimate of drug-likeness (QED) is 0.0457. The zero-order chi connectivity index (χ0) is 42.1. The Morgan fingerprint density at radius 3 is 1.65 bits per heavy atom. The fourth-order valence-corrected chi connectivity index (χ4v) is 7.45. The topological polar surface area (TPSA) is 330 Å². The molecule has 0 radical (unpaired) electrons. The Bertz CT molecular complexity index is 1470. The Hall–Kier alpha value is -4.89. The first-order valence-corrected chi connectivity index (χ1v) is 19.9. The van der Waals surface area contributed by atoms with Crippen molar-refractivity contribution in [1.29, 1.82) is 0 Å². The lowest BCUT2D eigenvalue weighted by Crippen LogP contribution is -2.56. The molecular weight excluding hydrogens is 748 g/mol. The fraction of sp³-hybridized carbons (Fsp3) is 0.750. The average Bonchev–Trinajstić information content (AvgIpc) is 3.98. The third-order valence-corrected chi connectivity index (χ3v) is 10.5. The molecule has 21 nitrogen and oxygen atoms in total. The first-order valence-electron chi connectivity index (χ1n) is 19.9. The standard InChI is InChI=1S/C36H60N10O11/c37-15-3-1-8-22(39)34(54)45-18-6-10-25(45)31(51)40-20-28(47)42-23(13-14-30(49)50)35(55)46-19-7-11-26(46)32(52)41-21-29(48)44-17-5-12-27(44)33(53)43-24(36(56)57)9-2-4-16-38/h22-27H,1-21,37-39H2,(H,40,51)(H,41,52)(H,42,47)(H,43,53)(H,49,50)(H,56,57)/t22-,23-,24-,25-,26-,27-/m0/s1. The van der Waals surface area contributed by atoms with Crippen molar-refractivity contribution in [2.45, 2.75) is 126 Å². The van der Waals surface area contributed by atoms with E-state index in [-0.39, 0.29) is 38.3 Å². The zero-order valence-corrected chi connectivity index (χ0v) is 32.5. The van der Waals surface area contributed by atoms with Crippen LogP contribution in [0.1, 0.15) is 89.9 Å². The van der Waals surface area contributed by atoms with Gasteiger partial charge < -0.3 is 63.4 Å². The number of rotatable bonds is 23. The third kappa shape index (κ3) is 13.9. The van der Waals surface area contributed by atoms with Crippen molar-refractivity contribution in [3.05, 3.63) is 0 Å². The van der Waals surface area contributed by atoms with Crippen LogP contribution in [0.25, 0.3) is 0 Å². The molecule has 0 unspecified atom stereocenters. The summed E-state index contributed by atoms with van der Waals surface area (Å²) in [5.74, 6) is -6.73. The maximum atomic E-state index is 13.7. The minimum Gasteiger partial charge on any atom is -0.481 e. The van der Waals surface area contributed by atoms with Gasteiger partial charge in [-0.2, -0.15) is 0 Å². The summed E-state index contributed by atoms with van der Waals surface area (Å²) < 4.78 is 0. The van der Waals surface area contributed by atoms with Gasteiger partial charge in [-0.3, -0.25) is 38.4 Å². The molecule has 0 aromatic rings. The molecule has 320 valence electrons. The largest absolute Gasteiger partial charge is 0.481 e. The molecule has 0 aliphatic carbocycles. The molecule has 3 saturated heterocycles. The monoisotopic (exact) mass is 808 g/mol. The lowest BCUT2D eigenvalue weighted by Gasteiger charge is -2.29. The zero-order valence-electron chi connectivity index (χ0n) is 32.5. The second kappa shape index (κ2) is 23.4. The van der Waals surface area contributed by atoms with Crippen LogP contribution in [0.5, 0.6) is 0 Å². The average molecular weight is 809 g/mol. The van der Waals surface area contributed by atoms with Gasteiger partial charge in [-0.05, 0) is 90.1 Å². The van der Waals surface area contributed by atoms with E-state index in [0.717, 1.165) is 0 Å². The van der Waals surface area contributed by atoms with E-state index in [1.54, 1.807) is 0 Å². The highest BCUT2D eigenvalue weighted by Gasteiger charge is 2.40. The number of nitrogens with one attached hydrogen (secondary N) is 4. The number of nitrogens with zero attached hydrogens (tertiary/aromatic N) is 3. The minimum absolute atomic E-state index is 0.116. The first kappa shape index (κ1) is 46.5. The van der Waals surface area contributed by atoms with Gasteiger partial charge in [0.1, 0.15) is 30.2 Å². The van der Waals surface area contributed by atoms with Crippen molar-refractivity contribution in [2.24, 2.45) is 17.2 Å². The third-order valence-electron chi connectivity index (χ3n) is 10.5. The molecule has 57 heavy (non-hydrogen) atoms. The van der Waals surface area contributed by atoms with Crippen LogP contribution >= 0.6 is 0 Å². The first-order chi connectivity index (χ1) is 27.2. The van der Waals surface area contributed by atoms with Crippen molar-refractivity contribution >= 4 is 53.3 Å². The van der Waals surface area contributed by atoms with E-state index in [9.17, 15) is 53.4 Å². The molecule has 0 spiro atoms. The molecule has 3 heterocycles. The number of carbonyl (C=O) groups excluding carboxylic acids is 7. The molecule has 3 rings (SSSR count). The van der Waals surface area contributed by atoms with Crippen LogP contribution in [0.4, 0.5) is 0 Å². The summed E-state index contributed by atoms with van der Waals surface area (Å²) in [6.45, 7) is 0.457. The van der Waals surface area contributed by atoms with Crippen LogP contribution in [0.15, 0.2) is 0 Å². The van der Waals surface area contributed by atoms with E-state index in [0.29, 0.717) is 83.8 Å². The van der Waals surface area contributed by atoms with E-state index >= 15 is 0 Å². The second-order valence-corrected chi connectivity index (χ2v) is 14.7. The molecule has 3 fully saturated rings. The Morgan fingerprint density at radius 2 is 1.11 bits per heavy atom. The van der Waals surface area contributed by atoms with Crippen LogP contribution in [0.2, 0.25) is 0 Å². The number of nitrogens with two attached hydrogens (primary N) is 3. The molecule has 6 atom stereocenters. The number of unbranched alkanes of at least 4 members (excludes halogenated alkanes) is 2. The van der Waals surface area contributed by atoms with Crippen molar-refractivity contribution in [3.8, 4) is 0 Å². The van der Waals surface area contributed by atoms with Crippen LogP contribution < -0.4 is 38.5 Å². The predicted octanol–water partition coefficient (Wildman–Crippen LogP) is -3.30. The van der Waals surface area contributed by atoms with E-state index in [1.807, 2.05) is 0 Å². The highest BCUT2D eigenvalue weighted by Crippen LogP contribution is 2.22. The SMILES string of the molecule is NCCCC[C@H](NC(=O)[C@@H]1CCCN1C(=O)CNC(=O)[C@@H]1CCCN1C(=O)[C@H](CCC(=O)O)NC(=O)CNC(=O)[C@@H]1CCCN1C(=O)[C@@H](N)CCCCN)C(=O)O. The number of hydrogen-bond acceptors (Lipinski definition) is 12. The van der Waals surface area contributed by atoms with E-state index in [4.69, 9.17) is 17.2 Å². The highest BCUT2D eigenvalue weighted by molar-refractivity contribution is 5.96. The fourth-order valence-electron chi connectivity index (χ4n) is 7.45. The summed E-state index contributed by atoms with van der Waals surface area (Å²) in [5.41, 5.74) is 17.1. The van der Waals surface area contributed by atoms with Gasteiger partial charge in [-0.1, -0.05) is 6.42 Å². The van der Waals surface area contributed by atoms with Gasteiger partial charge in [0.2, 0.25) is 41.4 Å². The Balaban J connectivity index is 1.56. The van der Waals surface area contributed by atoms with E-state index in [2.05, 4.69) is 21.3 Å². The summed E-state index contributed by atoms with van der Waals surface area (Å²) >= 11 is 0. The van der Waals surface area contributed by atoms with Gasteiger partial charge in [0, 0.05) is 26.1 Å². The van der Waals surface area contributed by atoms with Crippen LogP contribution in [-0.4, -0.2) is 160 Å². The number of aliphatic carboxylic acids is 2. The van der Waals surface area contributed by atoms with Crippen molar-refractivity contribution in [1.82, 2.24) is 36.0 Å². The highest BCUT2D eigenvalue weighted by atomic mass is 16.4. The minimum atomic E-state index is -1.36. The van der Waals surface area contributed by atoms with Gasteiger partial charge >= 0.3 is 11.9 Å². The Morgan fingerprint density at radius 1 is 0.596 bits per heavy atom. The van der Waals surface area contributed by atoms with Crippen LogP contribution in [0, 0.1) is 0 Å². The molecule has 21 heteroatoms. The van der Waals surface area contributed by atoms with E-state index in [1.165, 1.54) is 14.7 Å². The van der Waals surface area contributed by atoms with Crippen LogP contribution in [0.3, 0.4) is 0 Å². The second-order valence-electron chi connectivity index (χ2n) is 14.7. The van der Waals surface area contributed by atoms with Crippen molar-refractivity contribution in [2.75, 3.05) is 45.8 Å². The maximum absolute atomic E-state index is 13.7. The number of carbonyl (C=O) groups is 9. The molecular formula is C36H60N10O11. The summed E-state index contributed by atoms with van der Waals surface area (Å²) in [7, 11) is 0. The molecule has 7 amide bonds. The van der Waals surface area contributed by atoms with Gasteiger partial charge in [-0.25, -0.2) is 4.79 Å². The summed E-state index contributed by atoms with van der Waals surface area (Å²) in [6.07, 6.45) is 4.63. The molecule has 0 aromatic carbocycles. The summed E-state index contributed by atoms with van der Waals surface area (Å²) in [5, 5.41) is 28.9. The molecule has 3 aliphatic rings.